The van der Waals surface area contributed by atoms with Crippen molar-refractivity contribution in [2.45, 2.75) is 46.2 Å². The first-order valence-corrected chi connectivity index (χ1v) is 9.37. The molecule has 27 heavy (non-hydrogen) atoms. The summed E-state index contributed by atoms with van der Waals surface area (Å²) in [5.41, 5.74) is 0.341. The van der Waals surface area contributed by atoms with Crippen molar-refractivity contribution in [2.75, 3.05) is 26.2 Å². The zero-order chi connectivity index (χ0) is 20.1. The fourth-order valence-electron chi connectivity index (χ4n) is 3.57. The van der Waals surface area contributed by atoms with Gasteiger partial charge < -0.3 is 4.74 Å². The van der Waals surface area contributed by atoms with Crippen molar-refractivity contribution in [2.24, 2.45) is 5.41 Å². The van der Waals surface area contributed by atoms with Crippen molar-refractivity contribution in [3.8, 4) is 0 Å². The van der Waals surface area contributed by atoms with Gasteiger partial charge in [-0.1, -0.05) is 29.8 Å². The summed E-state index contributed by atoms with van der Waals surface area (Å²) in [4.78, 5) is 15.0. The summed E-state index contributed by atoms with van der Waals surface area (Å²) in [5.74, 6) is -0.301. The molecule has 0 aromatic heterocycles. The van der Waals surface area contributed by atoms with E-state index in [1.807, 2.05) is 6.92 Å². The Morgan fingerprint density at radius 3 is 2.52 bits per heavy atom. The molecule has 3 nitrogen and oxygen atoms in total. The summed E-state index contributed by atoms with van der Waals surface area (Å²) in [6, 6.07) is 5.27. The van der Waals surface area contributed by atoms with E-state index in [4.69, 9.17) is 4.74 Å². The summed E-state index contributed by atoms with van der Waals surface area (Å²) in [6.45, 7) is 8.38. The Morgan fingerprint density at radius 2 is 1.96 bits per heavy atom. The summed E-state index contributed by atoms with van der Waals surface area (Å²) in [6.07, 6.45) is -0.888. The van der Waals surface area contributed by atoms with Crippen molar-refractivity contribution in [1.82, 2.24) is 4.90 Å². The number of allylic oxidation sites excluding steroid dienone is 1. The third-order valence-corrected chi connectivity index (χ3v) is 5.28. The smallest absolute Gasteiger partial charge is 0.416 e. The maximum Gasteiger partial charge on any atom is 0.416 e. The highest BCUT2D eigenvalue weighted by molar-refractivity contribution is 5.77. The molecule has 6 heteroatoms. The van der Waals surface area contributed by atoms with Crippen molar-refractivity contribution >= 4 is 5.97 Å². The zero-order valence-corrected chi connectivity index (χ0v) is 16.2. The first-order chi connectivity index (χ1) is 12.7. The molecular formula is C21H28F3NO2. The number of likely N-dealkylation sites (tertiary alicyclic amines) is 1. The van der Waals surface area contributed by atoms with Gasteiger partial charge >= 0.3 is 12.1 Å². The van der Waals surface area contributed by atoms with Crippen LogP contribution in [-0.4, -0.2) is 37.1 Å². The number of piperidine rings is 1. The van der Waals surface area contributed by atoms with Crippen molar-refractivity contribution in [1.29, 1.82) is 0 Å². The second-order valence-electron chi connectivity index (χ2n) is 7.29. The summed E-state index contributed by atoms with van der Waals surface area (Å²) >= 11 is 0. The van der Waals surface area contributed by atoms with Gasteiger partial charge in [0.05, 0.1) is 17.6 Å². The minimum absolute atomic E-state index is 0.268. The van der Waals surface area contributed by atoms with Crippen molar-refractivity contribution < 1.29 is 22.7 Å². The van der Waals surface area contributed by atoms with Crippen molar-refractivity contribution in [3.05, 3.63) is 47.0 Å². The van der Waals surface area contributed by atoms with E-state index >= 15 is 0 Å². The number of rotatable bonds is 6. The minimum atomic E-state index is -4.39. The number of nitrogens with zero attached hydrogens (tertiary/aromatic N) is 1. The number of esters is 1. The van der Waals surface area contributed by atoms with Crippen LogP contribution >= 0.6 is 0 Å². The number of hydrogen-bond donors (Lipinski definition) is 0. The molecule has 0 atom stereocenters. The normalized spacial score (nSPS) is 18.4. The Hall–Kier alpha value is -1.82. The molecular weight excluding hydrogens is 355 g/mol. The monoisotopic (exact) mass is 383 g/mol. The van der Waals surface area contributed by atoms with Gasteiger partial charge in [-0.05, 0) is 64.8 Å². The summed E-state index contributed by atoms with van der Waals surface area (Å²) in [7, 11) is 0. The van der Waals surface area contributed by atoms with E-state index in [0.717, 1.165) is 31.8 Å². The lowest BCUT2D eigenvalue weighted by Crippen LogP contribution is -2.46. The number of carbonyl (C=O) groups excluding carboxylic acids is 1. The summed E-state index contributed by atoms with van der Waals surface area (Å²) < 4.78 is 44.4. The Balaban J connectivity index is 2.20. The molecule has 0 saturated carbocycles. The van der Waals surface area contributed by atoms with Crippen LogP contribution in [0.1, 0.15) is 44.7 Å². The van der Waals surface area contributed by atoms with E-state index in [1.165, 1.54) is 11.6 Å². The van der Waals surface area contributed by atoms with Crippen LogP contribution in [0.25, 0.3) is 0 Å². The van der Waals surface area contributed by atoms with Crippen LogP contribution in [0, 0.1) is 5.41 Å². The van der Waals surface area contributed by atoms with Gasteiger partial charge in [0.15, 0.2) is 0 Å². The van der Waals surface area contributed by atoms with E-state index < -0.39 is 17.2 Å². The molecule has 0 amide bonds. The molecule has 0 aliphatic carbocycles. The molecule has 1 aliphatic heterocycles. The highest BCUT2D eigenvalue weighted by atomic mass is 19.4. The van der Waals surface area contributed by atoms with Gasteiger partial charge in [0.2, 0.25) is 0 Å². The molecule has 0 bridgehead atoms. The van der Waals surface area contributed by atoms with Gasteiger partial charge in [-0.3, -0.25) is 9.69 Å². The molecule has 0 unspecified atom stereocenters. The Morgan fingerprint density at radius 1 is 1.30 bits per heavy atom. The molecule has 1 aliphatic rings. The Kier molecular flexibility index (Phi) is 7.09. The number of benzene rings is 1. The second-order valence-corrected chi connectivity index (χ2v) is 7.29. The first kappa shape index (κ1) is 21.5. The first-order valence-electron chi connectivity index (χ1n) is 9.37. The van der Waals surface area contributed by atoms with E-state index in [9.17, 15) is 18.0 Å². The molecule has 0 radical (unpaired) electrons. The number of halogens is 3. The van der Waals surface area contributed by atoms with Gasteiger partial charge in [-0.2, -0.15) is 13.2 Å². The van der Waals surface area contributed by atoms with Gasteiger partial charge in [-0.25, -0.2) is 0 Å². The van der Waals surface area contributed by atoms with Gasteiger partial charge in [0.25, 0.3) is 0 Å². The molecule has 2 rings (SSSR count). The third kappa shape index (κ3) is 5.58. The number of alkyl halides is 3. The largest absolute Gasteiger partial charge is 0.466 e. The van der Waals surface area contributed by atoms with E-state index in [1.54, 1.807) is 13.0 Å². The van der Waals surface area contributed by atoms with Gasteiger partial charge in [-0.15, -0.1) is 0 Å². The molecule has 1 aromatic rings. The van der Waals surface area contributed by atoms with E-state index in [-0.39, 0.29) is 19.0 Å². The predicted molar refractivity (Wildman–Crippen MR) is 99.3 cm³/mol. The highest BCUT2D eigenvalue weighted by Crippen LogP contribution is 2.38. The lowest BCUT2D eigenvalue weighted by molar-refractivity contribution is -0.158. The van der Waals surface area contributed by atoms with Crippen LogP contribution < -0.4 is 0 Å². The number of carbonyl (C=O) groups is 1. The van der Waals surface area contributed by atoms with Gasteiger partial charge in [0.1, 0.15) is 0 Å². The maximum absolute atomic E-state index is 13.0. The number of ether oxygens (including phenoxy) is 1. The van der Waals surface area contributed by atoms with Crippen LogP contribution in [0.4, 0.5) is 13.2 Å². The molecule has 150 valence electrons. The fraction of sp³-hybridized carbons (Fsp3) is 0.571. The molecule has 0 spiro atoms. The van der Waals surface area contributed by atoms with Crippen molar-refractivity contribution in [3.63, 3.8) is 0 Å². The Bertz CT molecular complexity index is 674. The predicted octanol–water partition coefficient (Wildman–Crippen LogP) is 4.86. The summed E-state index contributed by atoms with van der Waals surface area (Å²) in [5, 5.41) is 0. The van der Waals surface area contributed by atoms with Crippen LogP contribution in [0.2, 0.25) is 0 Å². The van der Waals surface area contributed by atoms with Gasteiger partial charge in [0, 0.05) is 6.54 Å². The average Bonchev–Trinajstić information content (AvgIpc) is 2.63. The molecule has 1 aromatic carbocycles. The van der Waals surface area contributed by atoms with Crippen LogP contribution in [0.5, 0.6) is 0 Å². The Labute approximate surface area is 159 Å². The molecule has 1 heterocycles. The second kappa shape index (κ2) is 8.91. The highest BCUT2D eigenvalue weighted by Gasteiger charge is 2.43. The zero-order valence-electron chi connectivity index (χ0n) is 16.2. The quantitative estimate of drug-likeness (QED) is 0.519. The van der Waals surface area contributed by atoms with E-state index in [2.05, 4.69) is 17.9 Å². The topological polar surface area (TPSA) is 29.5 Å². The third-order valence-electron chi connectivity index (χ3n) is 5.28. The molecule has 1 fully saturated rings. The lowest BCUT2D eigenvalue weighted by atomic mass is 9.73. The van der Waals surface area contributed by atoms with E-state index in [0.29, 0.717) is 18.4 Å². The fourth-order valence-corrected chi connectivity index (χ4v) is 3.57. The molecule has 1 saturated heterocycles. The maximum atomic E-state index is 13.0. The SMILES string of the molecule is CC=C(C)CN1CCC(Cc2cccc(C(F)(F)F)c2)(C(=O)OCC)CC1. The molecule has 0 N–H and O–H groups in total. The minimum Gasteiger partial charge on any atom is -0.466 e. The van der Waals surface area contributed by atoms with Crippen LogP contribution in [-0.2, 0) is 22.1 Å². The lowest BCUT2D eigenvalue weighted by Gasteiger charge is -2.40. The van der Waals surface area contributed by atoms with Crippen LogP contribution in [0.3, 0.4) is 0 Å². The number of hydrogen-bond acceptors (Lipinski definition) is 3. The average molecular weight is 383 g/mol. The van der Waals surface area contributed by atoms with Crippen LogP contribution in [0.15, 0.2) is 35.9 Å². The standard InChI is InChI=1S/C21H28F3NO2/c1-4-16(3)15-25-11-9-20(10-12-25,19(26)27-5-2)14-17-7-6-8-18(13-17)21(22,23)24/h4,6-8,13H,5,9-12,14-15H2,1-3H3.